The smallest absolute Gasteiger partial charge is 0.0701 e. The molecule has 92 valence electrons. The molecule has 0 saturated carbocycles. The Hall–Kier alpha value is -0.160. The summed E-state index contributed by atoms with van der Waals surface area (Å²) in [6, 6.07) is 0. The van der Waals surface area contributed by atoms with Gasteiger partial charge in [-0.15, -0.1) is 0 Å². The van der Waals surface area contributed by atoms with E-state index in [-0.39, 0.29) is 12.1 Å². The van der Waals surface area contributed by atoms with Gasteiger partial charge in [-0.3, -0.25) is 0 Å². The van der Waals surface area contributed by atoms with Gasteiger partial charge >= 0.3 is 0 Å². The normalized spacial score (nSPS) is 15.2. The SMILES string of the molecule is CCCOCCOCC(C)(CO)NCC. The Labute approximate surface area is 93.0 Å². The van der Waals surface area contributed by atoms with Gasteiger partial charge in [0, 0.05) is 6.61 Å². The molecule has 0 amide bonds. The van der Waals surface area contributed by atoms with Crippen LogP contribution in [0.15, 0.2) is 0 Å². The third-order valence-electron chi connectivity index (χ3n) is 2.09. The molecule has 15 heavy (non-hydrogen) atoms. The molecule has 0 aliphatic rings. The highest BCUT2D eigenvalue weighted by Crippen LogP contribution is 2.02. The van der Waals surface area contributed by atoms with Gasteiger partial charge in [-0.05, 0) is 19.9 Å². The molecule has 0 radical (unpaired) electrons. The van der Waals surface area contributed by atoms with E-state index in [1.165, 1.54) is 0 Å². The minimum atomic E-state index is -0.334. The van der Waals surface area contributed by atoms with Crippen LogP contribution in [0.4, 0.5) is 0 Å². The zero-order chi connectivity index (χ0) is 11.6. The summed E-state index contributed by atoms with van der Waals surface area (Å²) in [4.78, 5) is 0. The van der Waals surface area contributed by atoms with Gasteiger partial charge in [-0.25, -0.2) is 0 Å². The van der Waals surface area contributed by atoms with E-state index in [1.54, 1.807) is 0 Å². The second kappa shape index (κ2) is 9.09. The molecule has 0 aliphatic carbocycles. The third-order valence-corrected chi connectivity index (χ3v) is 2.09. The van der Waals surface area contributed by atoms with E-state index in [1.807, 2.05) is 13.8 Å². The van der Waals surface area contributed by atoms with Crippen LogP contribution in [0.5, 0.6) is 0 Å². The second-order valence-electron chi connectivity index (χ2n) is 3.91. The Kier molecular flexibility index (Phi) is 9.00. The lowest BCUT2D eigenvalue weighted by Crippen LogP contribution is -2.49. The monoisotopic (exact) mass is 219 g/mol. The summed E-state index contributed by atoms with van der Waals surface area (Å²) in [6.07, 6.45) is 1.03. The van der Waals surface area contributed by atoms with Gasteiger partial charge in [0.1, 0.15) is 0 Å². The Morgan fingerprint density at radius 1 is 1.13 bits per heavy atom. The average molecular weight is 219 g/mol. The Morgan fingerprint density at radius 3 is 2.33 bits per heavy atom. The summed E-state index contributed by atoms with van der Waals surface area (Å²) >= 11 is 0. The molecule has 0 bridgehead atoms. The lowest BCUT2D eigenvalue weighted by atomic mass is 10.1. The second-order valence-corrected chi connectivity index (χ2v) is 3.91. The molecule has 0 aromatic rings. The van der Waals surface area contributed by atoms with Crippen LogP contribution < -0.4 is 5.32 Å². The number of hydrogen-bond acceptors (Lipinski definition) is 4. The van der Waals surface area contributed by atoms with Gasteiger partial charge < -0.3 is 19.9 Å². The van der Waals surface area contributed by atoms with E-state index in [4.69, 9.17) is 9.47 Å². The first-order valence-electron chi connectivity index (χ1n) is 5.70. The van der Waals surface area contributed by atoms with Gasteiger partial charge in [0.2, 0.25) is 0 Å². The van der Waals surface area contributed by atoms with E-state index in [9.17, 15) is 5.11 Å². The minimum Gasteiger partial charge on any atom is -0.394 e. The topological polar surface area (TPSA) is 50.7 Å². The van der Waals surface area contributed by atoms with Gasteiger partial charge in [-0.1, -0.05) is 13.8 Å². The molecular formula is C11H25NO3. The number of aliphatic hydroxyl groups excluding tert-OH is 1. The molecule has 0 aliphatic heterocycles. The molecule has 4 heteroatoms. The van der Waals surface area contributed by atoms with E-state index in [0.717, 1.165) is 19.6 Å². The molecule has 0 rings (SSSR count). The molecule has 4 nitrogen and oxygen atoms in total. The quantitative estimate of drug-likeness (QED) is 0.533. The van der Waals surface area contributed by atoms with Crippen molar-refractivity contribution in [2.45, 2.75) is 32.7 Å². The predicted octanol–water partition coefficient (Wildman–Crippen LogP) is 0.790. The van der Waals surface area contributed by atoms with Crippen molar-refractivity contribution in [3.05, 3.63) is 0 Å². The first-order valence-corrected chi connectivity index (χ1v) is 5.70. The van der Waals surface area contributed by atoms with Crippen molar-refractivity contribution in [2.75, 3.05) is 39.6 Å². The van der Waals surface area contributed by atoms with E-state index in [0.29, 0.717) is 19.8 Å². The molecule has 0 heterocycles. The summed E-state index contributed by atoms with van der Waals surface area (Å²) in [5.74, 6) is 0. The first-order chi connectivity index (χ1) is 7.18. The maximum atomic E-state index is 9.18. The summed E-state index contributed by atoms with van der Waals surface area (Å²) in [6.45, 7) is 9.45. The standard InChI is InChI=1S/C11H25NO3/c1-4-6-14-7-8-15-10-11(3,9-13)12-5-2/h12-13H,4-10H2,1-3H3. The van der Waals surface area contributed by atoms with E-state index < -0.39 is 0 Å². The number of nitrogens with one attached hydrogen (secondary N) is 1. The van der Waals surface area contributed by atoms with Crippen LogP contribution in [0.2, 0.25) is 0 Å². The van der Waals surface area contributed by atoms with Gasteiger partial charge in [-0.2, -0.15) is 0 Å². The minimum absolute atomic E-state index is 0.0800. The number of hydrogen-bond donors (Lipinski definition) is 2. The average Bonchev–Trinajstić information content (AvgIpc) is 2.24. The third kappa shape index (κ3) is 7.73. The van der Waals surface area contributed by atoms with Crippen LogP contribution in [0.25, 0.3) is 0 Å². The Morgan fingerprint density at radius 2 is 1.80 bits per heavy atom. The first kappa shape index (κ1) is 14.8. The highest BCUT2D eigenvalue weighted by Gasteiger charge is 2.21. The van der Waals surface area contributed by atoms with Crippen LogP contribution >= 0.6 is 0 Å². The molecule has 2 N–H and O–H groups in total. The van der Waals surface area contributed by atoms with Gasteiger partial charge in [0.05, 0.1) is 32.0 Å². The number of ether oxygens (including phenoxy) is 2. The summed E-state index contributed by atoms with van der Waals surface area (Å²) in [5, 5.41) is 12.4. The molecule has 1 atom stereocenters. The fraction of sp³-hybridized carbons (Fsp3) is 1.00. The zero-order valence-corrected chi connectivity index (χ0v) is 10.2. The maximum Gasteiger partial charge on any atom is 0.0701 e. The maximum absolute atomic E-state index is 9.18. The van der Waals surface area contributed by atoms with Crippen molar-refractivity contribution < 1.29 is 14.6 Å². The summed E-state index contributed by atoms with van der Waals surface area (Å²) in [7, 11) is 0. The fourth-order valence-corrected chi connectivity index (χ4v) is 1.24. The molecule has 0 aromatic heterocycles. The van der Waals surface area contributed by atoms with Crippen LogP contribution in [0.3, 0.4) is 0 Å². The highest BCUT2D eigenvalue weighted by atomic mass is 16.5. The molecule has 0 spiro atoms. The van der Waals surface area contributed by atoms with Crippen molar-refractivity contribution in [3.8, 4) is 0 Å². The van der Waals surface area contributed by atoms with E-state index in [2.05, 4.69) is 12.2 Å². The summed E-state index contributed by atoms with van der Waals surface area (Å²) < 4.78 is 10.7. The lowest BCUT2D eigenvalue weighted by Gasteiger charge is -2.27. The lowest BCUT2D eigenvalue weighted by molar-refractivity contribution is 0.00914. The molecule has 0 fully saturated rings. The molecule has 0 saturated heterocycles. The number of likely N-dealkylation sites (N-methyl/N-ethyl adjacent to an activating group) is 1. The molecular weight excluding hydrogens is 194 g/mol. The number of rotatable bonds is 10. The predicted molar refractivity (Wildman–Crippen MR) is 61.1 cm³/mol. The van der Waals surface area contributed by atoms with Gasteiger partial charge in [0.25, 0.3) is 0 Å². The van der Waals surface area contributed by atoms with Crippen molar-refractivity contribution >= 4 is 0 Å². The van der Waals surface area contributed by atoms with Crippen molar-refractivity contribution in [1.29, 1.82) is 0 Å². The van der Waals surface area contributed by atoms with Crippen molar-refractivity contribution in [3.63, 3.8) is 0 Å². The highest BCUT2D eigenvalue weighted by molar-refractivity contribution is 4.81. The zero-order valence-electron chi connectivity index (χ0n) is 10.2. The largest absolute Gasteiger partial charge is 0.394 e. The Bertz CT molecular complexity index is 144. The van der Waals surface area contributed by atoms with Gasteiger partial charge in [0.15, 0.2) is 0 Å². The van der Waals surface area contributed by atoms with Crippen LogP contribution in [0.1, 0.15) is 27.2 Å². The van der Waals surface area contributed by atoms with Crippen LogP contribution in [0, 0.1) is 0 Å². The molecule has 0 aromatic carbocycles. The fourth-order valence-electron chi connectivity index (χ4n) is 1.24. The Balaban J connectivity index is 3.46. The van der Waals surface area contributed by atoms with Crippen molar-refractivity contribution in [1.82, 2.24) is 5.32 Å². The van der Waals surface area contributed by atoms with E-state index >= 15 is 0 Å². The van der Waals surface area contributed by atoms with Crippen LogP contribution in [-0.4, -0.2) is 50.2 Å². The number of aliphatic hydroxyl groups is 1. The van der Waals surface area contributed by atoms with Crippen LogP contribution in [-0.2, 0) is 9.47 Å². The van der Waals surface area contributed by atoms with Crippen molar-refractivity contribution in [2.24, 2.45) is 0 Å². The molecule has 1 unspecified atom stereocenters. The summed E-state index contributed by atoms with van der Waals surface area (Å²) in [5.41, 5.74) is -0.334.